The van der Waals surface area contributed by atoms with Crippen LogP contribution in [0.5, 0.6) is 0 Å². The summed E-state index contributed by atoms with van der Waals surface area (Å²) in [6.45, 7) is 1.85. The number of amides is 2. The Kier molecular flexibility index (Phi) is 4.80. The van der Waals surface area contributed by atoms with Crippen LogP contribution in [0.3, 0.4) is 0 Å². The lowest BCUT2D eigenvalue weighted by Crippen LogP contribution is -2.22. The van der Waals surface area contributed by atoms with Gasteiger partial charge in [0.1, 0.15) is 0 Å². The summed E-state index contributed by atoms with van der Waals surface area (Å²) in [7, 11) is 0. The molecule has 1 fully saturated rings. The first-order valence-corrected chi connectivity index (χ1v) is 8.95. The minimum absolute atomic E-state index is 0.233. The number of carbonyl (C=O) groups is 2. The Morgan fingerprint density at radius 3 is 2.58 bits per heavy atom. The van der Waals surface area contributed by atoms with Crippen molar-refractivity contribution in [3.05, 3.63) is 41.7 Å². The van der Waals surface area contributed by atoms with Crippen LogP contribution in [0.4, 0.5) is 11.4 Å². The molecule has 0 spiro atoms. The standard InChI is InChI=1S/C17H19N3O3S/c1-24-15-7-6-14(23-15)17(22)19-12-10-11(16(18)21)4-5-13(12)20-8-2-3-9-20/h4-7,10H,2-3,8-9H2,1H3,(H2,18,21)(H,19,22). The average Bonchev–Trinajstić information content (AvgIpc) is 3.26. The van der Waals surface area contributed by atoms with Crippen LogP contribution in [0.1, 0.15) is 33.8 Å². The van der Waals surface area contributed by atoms with Crippen LogP contribution in [0.25, 0.3) is 0 Å². The minimum atomic E-state index is -0.527. The second-order valence-electron chi connectivity index (χ2n) is 5.57. The normalized spacial score (nSPS) is 14.0. The van der Waals surface area contributed by atoms with Gasteiger partial charge in [0, 0.05) is 18.7 Å². The van der Waals surface area contributed by atoms with Gasteiger partial charge in [0.05, 0.1) is 11.4 Å². The molecule has 2 heterocycles. The van der Waals surface area contributed by atoms with Crippen molar-refractivity contribution in [3.63, 3.8) is 0 Å². The maximum absolute atomic E-state index is 12.4. The average molecular weight is 345 g/mol. The highest BCUT2D eigenvalue weighted by Gasteiger charge is 2.20. The summed E-state index contributed by atoms with van der Waals surface area (Å²) in [5.74, 6) is -0.644. The molecule has 1 saturated heterocycles. The van der Waals surface area contributed by atoms with Gasteiger partial charge in [-0.15, -0.1) is 0 Å². The third-order valence-electron chi connectivity index (χ3n) is 3.98. The molecule has 126 valence electrons. The van der Waals surface area contributed by atoms with E-state index < -0.39 is 5.91 Å². The molecule has 1 aliphatic rings. The van der Waals surface area contributed by atoms with E-state index in [0.29, 0.717) is 16.3 Å². The maximum Gasteiger partial charge on any atom is 0.291 e. The summed E-state index contributed by atoms with van der Waals surface area (Å²) in [5.41, 5.74) is 7.18. The summed E-state index contributed by atoms with van der Waals surface area (Å²) in [4.78, 5) is 26.1. The van der Waals surface area contributed by atoms with Crippen LogP contribution in [-0.4, -0.2) is 31.2 Å². The van der Waals surface area contributed by atoms with E-state index in [0.717, 1.165) is 31.6 Å². The SMILES string of the molecule is CSc1ccc(C(=O)Nc2cc(C(N)=O)ccc2N2CCCC2)o1. The van der Waals surface area contributed by atoms with E-state index in [4.69, 9.17) is 10.2 Å². The summed E-state index contributed by atoms with van der Waals surface area (Å²) < 4.78 is 5.46. The van der Waals surface area contributed by atoms with Crippen LogP contribution < -0.4 is 16.0 Å². The molecular weight excluding hydrogens is 326 g/mol. The molecule has 0 aliphatic carbocycles. The lowest BCUT2D eigenvalue weighted by molar-refractivity contribution is 0.0985. The highest BCUT2D eigenvalue weighted by molar-refractivity contribution is 7.98. The Balaban J connectivity index is 1.90. The Bertz CT molecular complexity index is 766. The van der Waals surface area contributed by atoms with E-state index in [9.17, 15) is 9.59 Å². The fourth-order valence-electron chi connectivity index (χ4n) is 2.76. The molecule has 1 aliphatic heterocycles. The summed E-state index contributed by atoms with van der Waals surface area (Å²) in [6, 6.07) is 8.52. The number of furan rings is 1. The summed E-state index contributed by atoms with van der Waals surface area (Å²) in [5, 5.41) is 3.52. The predicted molar refractivity (Wildman–Crippen MR) is 94.8 cm³/mol. The fraction of sp³-hybridized carbons (Fsp3) is 0.294. The van der Waals surface area contributed by atoms with Crippen molar-refractivity contribution in [2.45, 2.75) is 17.9 Å². The van der Waals surface area contributed by atoms with Gasteiger partial charge >= 0.3 is 0 Å². The molecule has 2 amide bonds. The molecule has 0 saturated carbocycles. The second kappa shape index (κ2) is 7.00. The summed E-state index contributed by atoms with van der Waals surface area (Å²) in [6.07, 6.45) is 4.10. The molecule has 1 aromatic carbocycles. The van der Waals surface area contributed by atoms with Gasteiger partial charge in [-0.2, -0.15) is 0 Å². The highest BCUT2D eigenvalue weighted by Crippen LogP contribution is 2.30. The molecule has 3 N–H and O–H groups in total. The van der Waals surface area contributed by atoms with Crippen LogP contribution >= 0.6 is 11.8 Å². The van der Waals surface area contributed by atoms with Gasteiger partial charge in [0.15, 0.2) is 10.9 Å². The van der Waals surface area contributed by atoms with E-state index in [1.165, 1.54) is 11.8 Å². The zero-order valence-electron chi connectivity index (χ0n) is 13.4. The van der Waals surface area contributed by atoms with Gasteiger partial charge in [0.25, 0.3) is 5.91 Å². The molecule has 0 atom stereocenters. The zero-order valence-corrected chi connectivity index (χ0v) is 14.2. The largest absolute Gasteiger partial charge is 0.445 e. The number of primary amides is 1. The smallest absolute Gasteiger partial charge is 0.291 e. The first-order chi connectivity index (χ1) is 11.6. The summed E-state index contributed by atoms with van der Waals surface area (Å²) >= 11 is 1.43. The van der Waals surface area contributed by atoms with Crippen molar-refractivity contribution in [1.82, 2.24) is 0 Å². The number of rotatable bonds is 5. The Labute approximate surface area is 144 Å². The Hall–Kier alpha value is -2.41. The maximum atomic E-state index is 12.4. The van der Waals surface area contributed by atoms with E-state index in [1.807, 2.05) is 12.3 Å². The molecular formula is C17H19N3O3S. The topological polar surface area (TPSA) is 88.6 Å². The number of nitrogens with one attached hydrogen (secondary N) is 1. The third kappa shape index (κ3) is 3.41. The van der Waals surface area contributed by atoms with Gasteiger partial charge < -0.3 is 20.4 Å². The van der Waals surface area contributed by atoms with Crippen molar-refractivity contribution in [1.29, 1.82) is 0 Å². The van der Waals surface area contributed by atoms with Crippen LogP contribution in [-0.2, 0) is 0 Å². The van der Waals surface area contributed by atoms with Crippen LogP contribution in [0.15, 0.2) is 39.8 Å². The van der Waals surface area contributed by atoms with Crippen molar-refractivity contribution in [3.8, 4) is 0 Å². The molecule has 2 aromatic rings. The number of nitrogens with two attached hydrogens (primary N) is 1. The Morgan fingerprint density at radius 2 is 1.96 bits per heavy atom. The number of nitrogens with zero attached hydrogens (tertiary/aromatic N) is 1. The van der Waals surface area contributed by atoms with Crippen molar-refractivity contribution in [2.75, 3.05) is 29.6 Å². The van der Waals surface area contributed by atoms with Crippen molar-refractivity contribution >= 4 is 35.0 Å². The molecule has 0 unspecified atom stereocenters. The number of carbonyl (C=O) groups excluding carboxylic acids is 2. The van der Waals surface area contributed by atoms with E-state index >= 15 is 0 Å². The number of benzene rings is 1. The fourth-order valence-corrected chi connectivity index (χ4v) is 3.14. The molecule has 1 aromatic heterocycles. The highest BCUT2D eigenvalue weighted by atomic mass is 32.2. The Morgan fingerprint density at radius 1 is 1.21 bits per heavy atom. The second-order valence-corrected chi connectivity index (χ2v) is 6.38. The molecule has 6 nitrogen and oxygen atoms in total. The van der Waals surface area contributed by atoms with Crippen LogP contribution in [0.2, 0.25) is 0 Å². The predicted octanol–water partition coefficient (Wildman–Crippen LogP) is 2.95. The monoisotopic (exact) mass is 345 g/mol. The number of hydrogen-bond acceptors (Lipinski definition) is 5. The van der Waals surface area contributed by atoms with Gasteiger partial charge in [-0.1, -0.05) is 11.8 Å². The van der Waals surface area contributed by atoms with Gasteiger partial charge in [-0.05, 0) is 49.4 Å². The minimum Gasteiger partial charge on any atom is -0.445 e. The first-order valence-electron chi connectivity index (χ1n) is 7.72. The van der Waals surface area contributed by atoms with Crippen molar-refractivity contribution in [2.24, 2.45) is 5.73 Å². The number of thioether (sulfide) groups is 1. The van der Waals surface area contributed by atoms with Gasteiger partial charge in [-0.25, -0.2) is 0 Å². The van der Waals surface area contributed by atoms with Gasteiger partial charge in [0.2, 0.25) is 5.91 Å². The zero-order chi connectivity index (χ0) is 17.1. The third-order valence-corrected chi connectivity index (χ3v) is 4.60. The van der Waals surface area contributed by atoms with E-state index in [-0.39, 0.29) is 11.7 Å². The van der Waals surface area contributed by atoms with E-state index in [1.54, 1.807) is 24.3 Å². The van der Waals surface area contributed by atoms with E-state index in [2.05, 4.69) is 10.2 Å². The van der Waals surface area contributed by atoms with Gasteiger partial charge in [-0.3, -0.25) is 9.59 Å². The lowest BCUT2D eigenvalue weighted by atomic mass is 10.1. The lowest BCUT2D eigenvalue weighted by Gasteiger charge is -2.22. The number of hydrogen-bond donors (Lipinski definition) is 2. The molecule has 3 rings (SSSR count). The van der Waals surface area contributed by atoms with Crippen LogP contribution in [0, 0.1) is 0 Å². The quantitative estimate of drug-likeness (QED) is 0.813. The number of anilines is 2. The molecule has 0 bridgehead atoms. The first kappa shape index (κ1) is 16.4. The molecule has 7 heteroatoms. The molecule has 0 radical (unpaired) electrons. The molecule has 24 heavy (non-hydrogen) atoms. The van der Waals surface area contributed by atoms with Crippen molar-refractivity contribution < 1.29 is 14.0 Å².